The van der Waals surface area contributed by atoms with Crippen LogP contribution < -0.4 is 10.6 Å². The molecule has 0 bridgehead atoms. The molecule has 0 spiro atoms. The van der Waals surface area contributed by atoms with E-state index in [1.165, 1.54) is 16.9 Å². The van der Waals surface area contributed by atoms with E-state index in [9.17, 15) is 31.5 Å². The lowest BCUT2D eigenvalue weighted by atomic mass is 9.79. The lowest BCUT2D eigenvalue weighted by molar-refractivity contribution is -0.137. The molecular weight excluding hydrogens is 513 g/mol. The highest BCUT2D eigenvalue weighted by Crippen LogP contribution is 2.45. The second kappa shape index (κ2) is 9.95. The summed E-state index contributed by atoms with van der Waals surface area (Å²) in [7, 11) is 0. The molecule has 5 rings (SSSR count). The average Bonchev–Trinajstić information content (AvgIpc) is 3.40. The van der Waals surface area contributed by atoms with Gasteiger partial charge >= 0.3 is 6.18 Å². The molecule has 0 aliphatic heterocycles. The van der Waals surface area contributed by atoms with Gasteiger partial charge in [0.2, 0.25) is 11.8 Å². The van der Waals surface area contributed by atoms with Gasteiger partial charge in [-0.25, -0.2) is 18.3 Å². The molecule has 2 aliphatic carbocycles. The van der Waals surface area contributed by atoms with Crippen LogP contribution in [0.15, 0.2) is 30.9 Å². The first-order chi connectivity index (χ1) is 17.9. The van der Waals surface area contributed by atoms with Crippen LogP contribution >= 0.6 is 0 Å². The van der Waals surface area contributed by atoms with Crippen molar-refractivity contribution in [3.8, 4) is 0 Å². The van der Waals surface area contributed by atoms with Gasteiger partial charge in [-0.2, -0.15) is 23.4 Å². The molecule has 2 amide bonds. The molecule has 204 valence electrons. The predicted molar refractivity (Wildman–Crippen MR) is 123 cm³/mol. The van der Waals surface area contributed by atoms with Gasteiger partial charge in [-0.1, -0.05) is 0 Å². The maximum atomic E-state index is 13.1. The first-order valence-corrected chi connectivity index (χ1v) is 12.3. The molecule has 0 radical (unpaired) electrons. The van der Waals surface area contributed by atoms with E-state index in [2.05, 4.69) is 25.8 Å². The van der Waals surface area contributed by atoms with E-state index < -0.39 is 24.4 Å². The van der Waals surface area contributed by atoms with Crippen molar-refractivity contribution in [2.75, 3.05) is 0 Å². The number of imidazole rings is 1. The minimum atomic E-state index is -4.31. The van der Waals surface area contributed by atoms with E-state index in [1.54, 1.807) is 18.5 Å². The Bertz CT molecular complexity index is 1320. The van der Waals surface area contributed by atoms with E-state index in [0.717, 1.165) is 23.1 Å². The molecule has 3 aromatic rings. The standard InChI is InChI=1S/C24H26F5N7O2/c25-23(26)7-14(8-23)5-20(37)34-21(15-1-2-15)16-6-19-33-18(13-36(19)32-9-16)11-30-22(38)17-10-31-35(12-17)4-3-24(27,28)29/h6,9-10,12-15,21H,1-5,7-8,11H2,(H,30,38)(H,34,37). The van der Waals surface area contributed by atoms with E-state index in [4.69, 9.17) is 0 Å². The molecule has 38 heavy (non-hydrogen) atoms. The Balaban J connectivity index is 1.18. The van der Waals surface area contributed by atoms with Crippen LogP contribution in [0.5, 0.6) is 0 Å². The summed E-state index contributed by atoms with van der Waals surface area (Å²) in [4.78, 5) is 29.4. The predicted octanol–water partition coefficient (Wildman–Crippen LogP) is 3.81. The van der Waals surface area contributed by atoms with Crippen molar-refractivity contribution >= 4 is 17.5 Å². The van der Waals surface area contributed by atoms with Crippen LogP contribution in [0.4, 0.5) is 22.0 Å². The molecule has 1 unspecified atom stereocenters. The summed E-state index contributed by atoms with van der Waals surface area (Å²) >= 11 is 0. The number of amides is 2. The van der Waals surface area contributed by atoms with Gasteiger partial charge < -0.3 is 10.6 Å². The van der Waals surface area contributed by atoms with Gasteiger partial charge in [-0.15, -0.1) is 0 Å². The summed E-state index contributed by atoms with van der Waals surface area (Å²) in [6, 6.07) is 1.51. The molecule has 0 aromatic carbocycles. The maximum absolute atomic E-state index is 13.1. The van der Waals surface area contributed by atoms with Crippen molar-refractivity contribution < 1.29 is 31.5 Å². The molecule has 1 atom stereocenters. The number of halogens is 5. The van der Waals surface area contributed by atoms with Gasteiger partial charge in [0.25, 0.3) is 5.91 Å². The molecule has 2 N–H and O–H groups in total. The van der Waals surface area contributed by atoms with Crippen molar-refractivity contribution in [1.82, 2.24) is 35.0 Å². The van der Waals surface area contributed by atoms with Crippen LogP contribution in [0.3, 0.4) is 0 Å². The first kappa shape index (κ1) is 26.0. The van der Waals surface area contributed by atoms with E-state index in [1.807, 2.05) is 0 Å². The monoisotopic (exact) mass is 539 g/mol. The van der Waals surface area contributed by atoms with Gasteiger partial charge in [-0.3, -0.25) is 14.3 Å². The summed E-state index contributed by atoms with van der Waals surface area (Å²) in [5.41, 5.74) is 1.90. The zero-order chi connectivity index (χ0) is 27.1. The highest BCUT2D eigenvalue weighted by Gasteiger charge is 2.46. The zero-order valence-corrected chi connectivity index (χ0v) is 20.2. The Kier molecular flexibility index (Phi) is 6.82. The minimum absolute atomic E-state index is 0.0556. The maximum Gasteiger partial charge on any atom is 0.390 e. The number of fused-ring (bicyclic) bond motifs is 1. The summed E-state index contributed by atoms with van der Waals surface area (Å²) in [6.07, 6.45) is 1.80. The van der Waals surface area contributed by atoms with Crippen LogP contribution in [0, 0.1) is 11.8 Å². The van der Waals surface area contributed by atoms with Crippen molar-refractivity contribution in [2.24, 2.45) is 11.8 Å². The number of rotatable bonds is 10. The molecule has 0 saturated heterocycles. The highest BCUT2D eigenvalue weighted by atomic mass is 19.4. The Morgan fingerprint density at radius 2 is 1.89 bits per heavy atom. The van der Waals surface area contributed by atoms with E-state index >= 15 is 0 Å². The number of hydrogen-bond donors (Lipinski definition) is 2. The van der Waals surface area contributed by atoms with Crippen LogP contribution in [0.1, 0.15) is 66.2 Å². The zero-order valence-electron chi connectivity index (χ0n) is 20.2. The van der Waals surface area contributed by atoms with Gasteiger partial charge in [-0.05, 0) is 36.3 Å². The summed E-state index contributed by atoms with van der Waals surface area (Å²) in [6.45, 7) is -0.323. The van der Waals surface area contributed by atoms with Crippen LogP contribution in [0.25, 0.3) is 5.65 Å². The molecule has 2 fully saturated rings. The lowest BCUT2D eigenvalue weighted by Crippen LogP contribution is -2.39. The molecule has 3 aromatic heterocycles. The molecule has 14 heteroatoms. The lowest BCUT2D eigenvalue weighted by Gasteiger charge is -2.34. The van der Waals surface area contributed by atoms with Gasteiger partial charge in [0.1, 0.15) is 0 Å². The number of aryl methyl sites for hydroxylation is 1. The normalized spacial score (nSPS) is 18.2. The SMILES string of the molecule is O=C(CC1CC(F)(F)C1)NC(c1cnn2cc(CNC(=O)c3cnn(CCC(F)(F)F)c3)nc2c1)C1CC1. The number of nitrogens with zero attached hydrogens (tertiary/aromatic N) is 5. The third-order valence-corrected chi connectivity index (χ3v) is 6.76. The fourth-order valence-corrected chi connectivity index (χ4v) is 4.64. The van der Waals surface area contributed by atoms with Gasteiger partial charge in [0, 0.05) is 32.0 Å². The highest BCUT2D eigenvalue weighted by molar-refractivity contribution is 5.93. The Morgan fingerprint density at radius 1 is 1.13 bits per heavy atom. The summed E-state index contributed by atoms with van der Waals surface area (Å²) < 4.78 is 65.9. The molecule has 2 aliphatic rings. The third-order valence-electron chi connectivity index (χ3n) is 6.76. The quantitative estimate of drug-likeness (QED) is 0.381. The average molecular weight is 540 g/mol. The van der Waals surface area contributed by atoms with Crippen molar-refractivity contribution in [3.05, 3.63) is 47.7 Å². The Morgan fingerprint density at radius 3 is 2.58 bits per heavy atom. The topological polar surface area (TPSA) is 106 Å². The summed E-state index contributed by atoms with van der Waals surface area (Å²) in [5, 5.41) is 13.8. The van der Waals surface area contributed by atoms with Crippen LogP contribution in [-0.4, -0.2) is 48.3 Å². The molecule has 2 saturated carbocycles. The molecular formula is C24H26F5N7O2. The number of carbonyl (C=O) groups is 2. The van der Waals surface area contributed by atoms with Crippen LogP contribution in [-0.2, 0) is 17.9 Å². The molecule has 9 nitrogen and oxygen atoms in total. The Hall–Kier alpha value is -3.58. The second-order valence-electron chi connectivity index (χ2n) is 10.1. The number of nitrogens with one attached hydrogen (secondary N) is 2. The smallest absolute Gasteiger partial charge is 0.349 e. The Labute approximate surface area is 213 Å². The van der Waals surface area contributed by atoms with Gasteiger partial charge in [0.05, 0.1) is 48.9 Å². The minimum Gasteiger partial charge on any atom is -0.349 e. The van der Waals surface area contributed by atoms with E-state index in [0.29, 0.717) is 11.3 Å². The fourth-order valence-electron chi connectivity index (χ4n) is 4.64. The number of alkyl halides is 5. The van der Waals surface area contributed by atoms with Gasteiger partial charge in [0.15, 0.2) is 5.65 Å². The third kappa shape index (κ3) is 6.45. The van der Waals surface area contributed by atoms with Crippen molar-refractivity contribution in [1.29, 1.82) is 0 Å². The number of carbonyl (C=O) groups excluding carboxylic acids is 2. The second-order valence-corrected chi connectivity index (χ2v) is 10.1. The van der Waals surface area contributed by atoms with Crippen molar-refractivity contribution in [2.45, 2.75) is 69.8 Å². The number of hydrogen-bond acceptors (Lipinski definition) is 5. The fraction of sp³-hybridized carbons (Fsp3) is 0.542. The van der Waals surface area contributed by atoms with Crippen molar-refractivity contribution in [3.63, 3.8) is 0 Å². The largest absolute Gasteiger partial charge is 0.390 e. The molecule has 3 heterocycles. The van der Waals surface area contributed by atoms with E-state index in [-0.39, 0.29) is 61.7 Å². The first-order valence-electron chi connectivity index (χ1n) is 12.3. The summed E-state index contributed by atoms with van der Waals surface area (Å²) in [5.74, 6) is -3.47. The van der Waals surface area contributed by atoms with Crippen LogP contribution in [0.2, 0.25) is 0 Å². The number of aromatic nitrogens is 5.